The van der Waals surface area contributed by atoms with Crippen molar-refractivity contribution >= 4 is 29.9 Å². The molecule has 1 aliphatic heterocycles. The molecule has 3 aromatic rings. The Bertz CT molecular complexity index is 1030. The first-order valence-electron chi connectivity index (χ1n) is 11.7. The first-order valence-corrected chi connectivity index (χ1v) is 11.7. The fraction of sp³-hybridized carbons (Fsp3) is 0.385. The van der Waals surface area contributed by atoms with Crippen molar-refractivity contribution in [3.63, 3.8) is 0 Å². The molecule has 0 aliphatic carbocycles. The van der Waals surface area contributed by atoms with Gasteiger partial charge in [0.15, 0.2) is 5.96 Å². The fourth-order valence-electron chi connectivity index (χ4n) is 4.06. The Morgan fingerprint density at radius 1 is 0.912 bits per heavy atom. The van der Waals surface area contributed by atoms with Crippen molar-refractivity contribution in [1.29, 1.82) is 0 Å². The van der Waals surface area contributed by atoms with Gasteiger partial charge in [0.2, 0.25) is 5.89 Å². The predicted octanol–water partition coefficient (Wildman–Crippen LogP) is 3.96. The summed E-state index contributed by atoms with van der Waals surface area (Å²) in [6.45, 7) is 10.2. The number of likely N-dealkylation sites (N-methyl/N-ethyl adjacent to an activating group) is 1. The van der Waals surface area contributed by atoms with Crippen LogP contribution in [-0.2, 0) is 19.6 Å². The van der Waals surface area contributed by atoms with Gasteiger partial charge in [0.05, 0.1) is 12.2 Å². The summed E-state index contributed by atoms with van der Waals surface area (Å²) >= 11 is 0. The number of piperazine rings is 1. The highest BCUT2D eigenvalue weighted by Gasteiger charge is 2.16. The Morgan fingerprint density at radius 2 is 1.56 bits per heavy atom. The molecule has 182 valence electrons. The Hall–Kier alpha value is -2.43. The maximum Gasteiger partial charge on any atom is 0.226 e. The molecule has 0 bridgehead atoms. The van der Waals surface area contributed by atoms with Gasteiger partial charge in [0.1, 0.15) is 6.26 Å². The van der Waals surface area contributed by atoms with Crippen molar-refractivity contribution in [2.24, 2.45) is 4.99 Å². The van der Waals surface area contributed by atoms with Crippen molar-refractivity contribution in [3.8, 4) is 11.5 Å². The van der Waals surface area contributed by atoms with E-state index in [1.807, 2.05) is 30.3 Å². The second-order valence-corrected chi connectivity index (χ2v) is 8.27. The number of nitrogens with one attached hydrogen (secondary N) is 2. The Kier molecular flexibility index (Phi) is 10.4. The second-order valence-electron chi connectivity index (χ2n) is 8.27. The third kappa shape index (κ3) is 7.28. The zero-order chi connectivity index (χ0) is 22.9. The quantitative estimate of drug-likeness (QED) is 0.241. The zero-order valence-corrected chi connectivity index (χ0v) is 22.4. The standard InChI is InChI=1S/C26H34N6O.HI/c1-3-31-13-15-32(16-14-31)19-23-12-8-7-11-22(23)17-28-26(27-2)29-18-24-20-33-25(30-24)21-9-5-4-6-10-21;/h4-12,20H,3,13-19H2,1-2H3,(H2,27,28,29);1H. The van der Waals surface area contributed by atoms with Gasteiger partial charge in [-0.3, -0.25) is 9.89 Å². The maximum absolute atomic E-state index is 5.63. The van der Waals surface area contributed by atoms with Crippen LogP contribution in [0.15, 0.2) is 70.3 Å². The minimum Gasteiger partial charge on any atom is -0.444 e. The number of oxazole rings is 1. The molecule has 0 saturated carbocycles. The molecule has 2 aromatic carbocycles. The molecule has 1 aliphatic rings. The van der Waals surface area contributed by atoms with Crippen LogP contribution < -0.4 is 10.6 Å². The van der Waals surface area contributed by atoms with E-state index in [1.54, 1.807) is 13.3 Å². The van der Waals surface area contributed by atoms with Crippen molar-refractivity contribution in [2.75, 3.05) is 39.8 Å². The average Bonchev–Trinajstić information content (AvgIpc) is 3.35. The summed E-state index contributed by atoms with van der Waals surface area (Å²) in [5.41, 5.74) is 4.47. The van der Waals surface area contributed by atoms with E-state index in [2.05, 4.69) is 61.6 Å². The Labute approximate surface area is 219 Å². The number of hydrogen-bond donors (Lipinski definition) is 2. The van der Waals surface area contributed by atoms with Gasteiger partial charge in [-0.25, -0.2) is 4.98 Å². The van der Waals surface area contributed by atoms with Crippen LogP contribution >= 0.6 is 24.0 Å². The highest BCUT2D eigenvalue weighted by molar-refractivity contribution is 14.0. The maximum atomic E-state index is 5.63. The van der Waals surface area contributed by atoms with Gasteiger partial charge in [-0.1, -0.05) is 49.4 Å². The summed E-state index contributed by atoms with van der Waals surface area (Å²) in [6, 6.07) is 18.6. The Balaban J connectivity index is 0.00000324. The Morgan fingerprint density at radius 3 is 2.26 bits per heavy atom. The van der Waals surface area contributed by atoms with Gasteiger partial charge in [-0.05, 0) is 29.8 Å². The number of benzene rings is 2. The highest BCUT2D eigenvalue weighted by Crippen LogP contribution is 2.18. The topological polar surface area (TPSA) is 68.9 Å². The van der Waals surface area contributed by atoms with Crippen LogP contribution in [0.3, 0.4) is 0 Å². The SMILES string of the molecule is CCN1CCN(Cc2ccccc2CNC(=NC)NCc2coc(-c3ccccc3)n2)CC1.I. The number of hydrogen-bond acceptors (Lipinski definition) is 5. The van der Waals surface area contributed by atoms with E-state index in [9.17, 15) is 0 Å². The predicted molar refractivity (Wildman–Crippen MR) is 148 cm³/mol. The molecular formula is C26H35IN6O. The monoisotopic (exact) mass is 574 g/mol. The van der Waals surface area contributed by atoms with Crippen LogP contribution in [0.1, 0.15) is 23.7 Å². The third-order valence-electron chi connectivity index (χ3n) is 6.10. The largest absolute Gasteiger partial charge is 0.444 e. The lowest BCUT2D eigenvalue weighted by atomic mass is 10.1. The van der Waals surface area contributed by atoms with Crippen molar-refractivity contribution in [1.82, 2.24) is 25.4 Å². The molecule has 0 unspecified atom stereocenters. The first kappa shape index (κ1) is 26.2. The van der Waals surface area contributed by atoms with Gasteiger partial charge < -0.3 is 20.0 Å². The van der Waals surface area contributed by atoms with E-state index < -0.39 is 0 Å². The van der Waals surface area contributed by atoms with Crippen molar-refractivity contribution < 1.29 is 4.42 Å². The van der Waals surface area contributed by atoms with Crippen LogP contribution in [-0.4, -0.2) is 60.5 Å². The van der Waals surface area contributed by atoms with E-state index in [1.165, 1.54) is 11.1 Å². The summed E-state index contributed by atoms with van der Waals surface area (Å²) < 4.78 is 5.63. The third-order valence-corrected chi connectivity index (χ3v) is 6.10. The van der Waals surface area contributed by atoms with Gasteiger partial charge >= 0.3 is 0 Å². The zero-order valence-electron chi connectivity index (χ0n) is 20.0. The van der Waals surface area contributed by atoms with E-state index in [4.69, 9.17) is 4.42 Å². The normalized spacial score (nSPS) is 15.1. The summed E-state index contributed by atoms with van der Waals surface area (Å²) in [7, 11) is 1.78. The lowest BCUT2D eigenvalue weighted by Gasteiger charge is -2.34. The number of halogens is 1. The number of aliphatic imine (C=N–C) groups is 1. The van der Waals surface area contributed by atoms with Gasteiger partial charge in [0.25, 0.3) is 0 Å². The molecule has 2 heterocycles. The second kappa shape index (κ2) is 13.5. The fourth-order valence-corrected chi connectivity index (χ4v) is 4.06. The first-order chi connectivity index (χ1) is 16.2. The van der Waals surface area contributed by atoms with Gasteiger partial charge in [-0.15, -0.1) is 24.0 Å². The lowest BCUT2D eigenvalue weighted by molar-refractivity contribution is 0.131. The van der Waals surface area contributed by atoms with Crippen molar-refractivity contribution in [3.05, 3.63) is 77.7 Å². The van der Waals surface area contributed by atoms with E-state index in [0.29, 0.717) is 12.4 Å². The molecule has 1 fully saturated rings. The van der Waals surface area contributed by atoms with Crippen LogP contribution in [0.2, 0.25) is 0 Å². The molecule has 8 heteroatoms. The molecule has 1 aromatic heterocycles. The van der Waals surface area contributed by atoms with Gasteiger partial charge in [0, 0.05) is 51.9 Å². The average molecular weight is 575 g/mol. The highest BCUT2D eigenvalue weighted by atomic mass is 127. The summed E-state index contributed by atoms with van der Waals surface area (Å²) in [6.07, 6.45) is 1.69. The summed E-state index contributed by atoms with van der Waals surface area (Å²) in [5.74, 6) is 1.37. The van der Waals surface area contributed by atoms with E-state index >= 15 is 0 Å². The van der Waals surface area contributed by atoms with Crippen LogP contribution in [0.5, 0.6) is 0 Å². The van der Waals surface area contributed by atoms with Crippen molar-refractivity contribution in [2.45, 2.75) is 26.6 Å². The number of guanidine groups is 1. The molecule has 1 saturated heterocycles. The van der Waals surface area contributed by atoms with Gasteiger partial charge in [-0.2, -0.15) is 0 Å². The molecule has 4 rings (SSSR count). The molecular weight excluding hydrogens is 539 g/mol. The summed E-state index contributed by atoms with van der Waals surface area (Å²) in [5, 5.41) is 6.78. The molecule has 2 N–H and O–H groups in total. The molecule has 0 spiro atoms. The number of aromatic nitrogens is 1. The lowest BCUT2D eigenvalue weighted by Crippen LogP contribution is -2.45. The van der Waals surface area contributed by atoms with Crippen LogP contribution in [0, 0.1) is 0 Å². The molecule has 7 nitrogen and oxygen atoms in total. The molecule has 34 heavy (non-hydrogen) atoms. The minimum atomic E-state index is 0. The molecule has 0 radical (unpaired) electrons. The van der Waals surface area contributed by atoms with E-state index in [0.717, 1.165) is 63.0 Å². The van der Waals surface area contributed by atoms with Crippen LogP contribution in [0.25, 0.3) is 11.5 Å². The smallest absolute Gasteiger partial charge is 0.226 e. The molecule has 0 amide bonds. The number of rotatable bonds is 8. The van der Waals surface area contributed by atoms with Crippen LogP contribution in [0.4, 0.5) is 0 Å². The minimum absolute atomic E-state index is 0. The van der Waals surface area contributed by atoms with E-state index in [-0.39, 0.29) is 24.0 Å². The molecule has 0 atom stereocenters. The summed E-state index contributed by atoms with van der Waals surface area (Å²) in [4.78, 5) is 14.0. The number of nitrogens with zero attached hydrogens (tertiary/aromatic N) is 4.